The third-order valence-corrected chi connectivity index (χ3v) is 2.71. The predicted octanol–water partition coefficient (Wildman–Crippen LogP) is 1.28. The minimum atomic E-state index is -0.419. The highest BCUT2D eigenvalue weighted by Crippen LogP contribution is 2.22. The molecule has 0 fully saturated rings. The molecule has 0 aliphatic rings. The second-order valence-corrected chi connectivity index (χ2v) is 4.39. The van der Waals surface area contributed by atoms with E-state index in [4.69, 9.17) is 10.00 Å². The fourth-order valence-corrected chi connectivity index (χ4v) is 1.66. The molecule has 0 aromatic heterocycles. The van der Waals surface area contributed by atoms with Crippen molar-refractivity contribution in [1.82, 2.24) is 10.2 Å². The van der Waals surface area contributed by atoms with Crippen molar-refractivity contribution in [3.63, 3.8) is 0 Å². The summed E-state index contributed by atoms with van der Waals surface area (Å²) in [7, 11) is 5.47. The largest absolute Gasteiger partial charge is 0.495 e. The van der Waals surface area contributed by atoms with E-state index in [1.54, 1.807) is 18.2 Å². The molecule has 5 nitrogen and oxygen atoms in total. The molecule has 0 bridgehead atoms. The summed E-state index contributed by atoms with van der Waals surface area (Å²) in [5.41, 5.74) is 1.22. The third kappa shape index (κ3) is 4.26. The quantitative estimate of drug-likeness (QED) is 0.832. The second kappa shape index (κ2) is 7.38. The van der Waals surface area contributed by atoms with E-state index in [9.17, 15) is 5.26 Å². The van der Waals surface area contributed by atoms with Gasteiger partial charge < -0.3 is 9.64 Å². The molecule has 0 amide bonds. The Labute approximate surface area is 114 Å². The van der Waals surface area contributed by atoms with Crippen LogP contribution in [0.25, 0.3) is 0 Å². The smallest absolute Gasteiger partial charge is 0.136 e. The van der Waals surface area contributed by atoms with Gasteiger partial charge >= 0.3 is 0 Å². The number of nitriles is 2. The monoisotopic (exact) mass is 258 g/mol. The van der Waals surface area contributed by atoms with Crippen LogP contribution in [0.15, 0.2) is 18.2 Å². The number of nitrogens with zero attached hydrogens (tertiary/aromatic N) is 3. The lowest BCUT2D eigenvalue weighted by molar-refractivity contribution is 0.394. The minimum absolute atomic E-state index is 0.419. The summed E-state index contributed by atoms with van der Waals surface area (Å²) in [6.45, 7) is 1.55. The maximum atomic E-state index is 9.19. The van der Waals surface area contributed by atoms with E-state index in [1.807, 2.05) is 19.0 Å². The van der Waals surface area contributed by atoms with Gasteiger partial charge in [0, 0.05) is 13.1 Å². The molecular weight excluding hydrogens is 240 g/mol. The molecule has 1 N–H and O–H groups in total. The van der Waals surface area contributed by atoms with Crippen LogP contribution in [0.4, 0.5) is 0 Å². The van der Waals surface area contributed by atoms with E-state index >= 15 is 0 Å². The van der Waals surface area contributed by atoms with Gasteiger partial charge in [-0.15, -0.1) is 0 Å². The first-order valence-electron chi connectivity index (χ1n) is 5.98. The lowest BCUT2D eigenvalue weighted by Gasteiger charge is -2.15. The number of rotatable bonds is 6. The van der Waals surface area contributed by atoms with E-state index in [-0.39, 0.29) is 0 Å². The standard InChI is InChI=1S/C14H18N4O/c1-18(2)7-6-17-13(10-16)11-4-5-14(19-3)12(8-11)9-15/h4-5,8,13,17H,6-7H2,1-3H3. The Morgan fingerprint density at radius 2 is 2.11 bits per heavy atom. The SMILES string of the molecule is COc1ccc(C(C#N)NCCN(C)C)cc1C#N. The minimum Gasteiger partial charge on any atom is -0.495 e. The van der Waals surface area contributed by atoms with Gasteiger partial charge in [0.1, 0.15) is 17.9 Å². The van der Waals surface area contributed by atoms with Gasteiger partial charge in [0.15, 0.2) is 0 Å². The molecule has 0 heterocycles. The molecule has 0 spiro atoms. The van der Waals surface area contributed by atoms with Crippen LogP contribution >= 0.6 is 0 Å². The third-order valence-electron chi connectivity index (χ3n) is 2.71. The van der Waals surface area contributed by atoms with Crippen LogP contribution in [0.5, 0.6) is 5.75 Å². The number of nitrogens with one attached hydrogen (secondary N) is 1. The number of hydrogen-bond acceptors (Lipinski definition) is 5. The van der Waals surface area contributed by atoms with E-state index in [0.29, 0.717) is 17.9 Å². The van der Waals surface area contributed by atoms with Crippen LogP contribution in [-0.4, -0.2) is 39.2 Å². The maximum absolute atomic E-state index is 9.19. The summed E-state index contributed by atoms with van der Waals surface area (Å²) in [6.07, 6.45) is 0. The Morgan fingerprint density at radius 1 is 1.37 bits per heavy atom. The molecular formula is C14H18N4O. The molecule has 1 atom stereocenters. The van der Waals surface area contributed by atoms with Crippen LogP contribution < -0.4 is 10.1 Å². The highest BCUT2D eigenvalue weighted by molar-refractivity contribution is 5.46. The van der Waals surface area contributed by atoms with Crippen molar-refractivity contribution in [1.29, 1.82) is 10.5 Å². The van der Waals surface area contributed by atoms with Gasteiger partial charge in [-0.1, -0.05) is 6.07 Å². The topological polar surface area (TPSA) is 72.1 Å². The fourth-order valence-electron chi connectivity index (χ4n) is 1.66. The first kappa shape index (κ1) is 15.0. The number of benzene rings is 1. The molecule has 0 aliphatic heterocycles. The van der Waals surface area contributed by atoms with Crippen molar-refractivity contribution in [2.24, 2.45) is 0 Å². The summed E-state index contributed by atoms with van der Waals surface area (Å²) < 4.78 is 5.08. The fraction of sp³-hybridized carbons (Fsp3) is 0.429. The average Bonchev–Trinajstić information content (AvgIpc) is 2.42. The van der Waals surface area contributed by atoms with E-state index in [1.165, 1.54) is 7.11 Å². The number of methoxy groups -OCH3 is 1. The highest BCUT2D eigenvalue weighted by Gasteiger charge is 2.12. The molecule has 0 radical (unpaired) electrons. The van der Waals surface area contributed by atoms with Crippen LogP contribution in [0.1, 0.15) is 17.2 Å². The van der Waals surface area contributed by atoms with Crippen LogP contribution in [0.2, 0.25) is 0 Å². The van der Waals surface area contributed by atoms with Gasteiger partial charge in [-0.2, -0.15) is 10.5 Å². The molecule has 1 aromatic carbocycles. The first-order valence-corrected chi connectivity index (χ1v) is 5.98. The zero-order valence-electron chi connectivity index (χ0n) is 11.5. The van der Waals surface area contributed by atoms with E-state index in [2.05, 4.69) is 17.5 Å². The Bertz CT molecular complexity index is 499. The molecule has 1 aromatic rings. The Kier molecular flexibility index (Phi) is 5.81. The van der Waals surface area contributed by atoms with Crippen molar-refractivity contribution in [2.75, 3.05) is 34.3 Å². The van der Waals surface area contributed by atoms with Crippen molar-refractivity contribution in [2.45, 2.75) is 6.04 Å². The maximum Gasteiger partial charge on any atom is 0.136 e. The number of hydrogen-bond donors (Lipinski definition) is 1. The first-order chi connectivity index (χ1) is 9.12. The number of ether oxygens (including phenoxy) is 1. The summed E-state index contributed by atoms with van der Waals surface area (Å²) in [5.74, 6) is 0.524. The van der Waals surface area contributed by atoms with Gasteiger partial charge in [-0.05, 0) is 31.8 Å². The predicted molar refractivity (Wildman–Crippen MR) is 72.6 cm³/mol. The van der Waals surface area contributed by atoms with Gasteiger partial charge in [0.25, 0.3) is 0 Å². The summed E-state index contributed by atoms with van der Waals surface area (Å²) >= 11 is 0. The lowest BCUT2D eigenvalue weighted by atomic mass is 10.0. The van der Waals surface area contributed by atoms with Crippen molar-refractivity contribution < 1.29 is 4.74 Å². The summed E-state index contributed by atoms with van der Waals surface area (Å²) in [6, 6.07) is 9.06. The molecule has 19 heavy (non-hydrogen) atoms. The van der Waals surface area contributed by atoms with Gasteiger partial charge in [-0.3, -0.25) is 5.32 Å². The second-order valence-electron chi connectivity index (χ2n) is 4.39. The van der Waals surface area contributed by atoms with E-state index < -0.39 is 6.04 Å². The Morgan fingerprint density at radius 3 is 2.63 bits per heavy atom. The molecule has 1 unspecified atom stereocenters. The zero-order valence-corrected chi connectivity index (χ0v) is 11.5. The van der Waals surface area contributed by atoms with Crippen LogP contribution in [0.3, 0.4) is 0 Å². The zero-order chi connectivity index (χ0) is 14.3. The van der Waals surface area contributed by atoms with Crippen molar-refractivity contribution in [3.8, 4) is 17.9 Å². The van der Waals surface area contributed by atoms with Gasteiger partial charge in [0.05, 0.1) is 18.7 Å². The molecule has 1 rings (SSSR count). The van der Waals surface area contributed by atoms with E-state index in [0.717, 1.165) is 12.1 Å². The molecule has 0 aliphatic carbocycles. The van der Waals surface area contributed by atoms with Crippen LogP contribution in [0, 0.1) is 22.7 Å². The Hall–Kier alpha value is -2.08. The van der Waals surface area contributed by atoms with Gasteiger partial charge in [0.2, 0.25) is 0 Å². The lowest BCUT2D eigenvalue weighted by Crippen LogP contribution is -2.29. The summed E-state index contributed by atoms with van der Waals surface area (Å²) in [4.78, 5) is 2.04. The van der Waals surface area contributed by atoms with Crippen LogP contribution in [-0.2, 0) is 0 Å². The molecule has 0 saturated carbocycles. The molecule has 100 valence electrons. The summed E-state index contributed by atoms with van der Waals surface area (Å²) in [5, 5.41) is 21.4. The van der Waals surface area contributed by atoms with Crippen molar-refractivity contribution in [3.05, 3.63) is 29.3 Å². The van der Waals surface area contributed by atoms with Gasteiger partial charge in [-0.25, -0.2) is 0 Å². The molecule has 0 saturated heterocycles. The van der Waals surface area contributed by atoms with Crippen molar-refractivity contribution >= 4 is 0 Å². The normalized spacial score (nSPS) is 11.7. The Balaban J connectivity index is 2.82. The molecule has 5 heteroatoms. The average molecular weight is 258 g/mol. The number of likely N-dealkylation sites (N-methyl/N-ethyl adjacent to an activating group) is 1. The highest BCUT2D eigenvalue weighted by atomic mass is 16.5.